The molecule has 1 aromatic carbocycles. The SMILES string of the molecule is CN(Cc1ccccc1F)C(=O)Cn1cc([N+](=O)[O-])cc(C#N)c1=O. The Morgan fingerprint density at radius 2 is 2.12 bits per heavy atom. The van der Waals surface area contributed by atoms with Crippen molar-refractivity contribution in [3.8, 4) is 6.07 Å². The molecule has 25 heavy (non-hydrogen) atoms. The largest absolute Gasteiger partial charge is 0.340 e. The molecule has 0 saturated carbocycles. The van der Waals surface area contributed by atoms with Gasteiger partial charge in [-0.1, -0.05) is 18.2 Å². The first-order valence-corrected chi connectivity index (χ1v) is 7.10. The number of benzene rings is 1. The van der Waals surface area contributed by atoms with Crippen molar-refractivity contribution in [3.63, 3.8) is 0 Å². The molecule has 0 unspecified atom stereocenters. The van der Waals surface area contributed by atoms with Gasteiger partial charge in [0.1, 0.15) is 24.0 Å². The molecule has 0 aliphatic rings. The van der Waals surface area contributed by atoms with Crippen LogP contribution in [0.5, 0.6) is 0 Å². The highest BCUT2D eigenvalue weighted by molar-refractivity contribution is 5.75. The summed E-state index contributed by atoms with van der Waals surface area (Å²) in [5, 5.41) is 19.8. The number of halogens is 1. The van der Waals surface area contributed by atoms with E-state index in [1.807, 2.05) is 0 Å². The van der Waals surface area contributed by atoms with Crippen LogP contribution in [0.4, 0.5) is 10.1 Å². The Hall–Kier alpha value is -3.54. The van der Waals surface area contributed by atoms with E-state index in [4.69, 9.17) is 5.26 Å². The molecule has 2 rings (SSSR count). The van der Waals surface area contributed by atoms with E-state index >= 15 is 0 Å². The fourth-order valence-electron chi connectivity index (χ4n) is 2.15. The second-order valence-electron chi connectivity index (χ2n) is 5.26. The number of carbonyl (C=O) groups is 1. The highest BCUT2D eigenvalue weighted by Gasteiger charge is 2.18. The maximum atomic E-state index is 13.6. The molecule has 0 saturated heterocycles. The number of carbonyl (C=O) groups excluding carboxylic acids is 1. The molecule has 128 valence electrons. The summed E-state index contributed by atoms with van der Waals surface area (Å²) >= 11 is 0. The first-order valence-electron chi connectivity index (χ1n) is 7.10. The lowest BCUT2D eigenvalue weighted by molar-refractivity contribution is -0.385. The van der Waals surface area contributed by atoms with Crippen LogP contribution in [0.15, 0.2) is 41.3 Å². The van der Waals surface area contributed by atoms with Gasteiger partial charge in [-0.25, -0.2) is 4.39 Å². The Morgan fingerprint density at radius 1 is 1.44 bits per heavy atom. The minimum atomic E-state index is -0.805. The van der Waals surface area contributed by atoms with Gasteiger partial charge in [0.2, 0.25) is 5.91 Å². The number of likely N-dealkylation sites (N-methyl/N-ethyl adjacent to an activating group) is 1. The van der Waals surface area contributed by atoms with Crippen molar-refractivity contribution in [2.45, 2.75) is 13.1 Å². The molecule has 0 aliphatic carbocycles. The molecular weight excluding hydrogens is 331 g/mol. The standard InChI is InChI=1S/C16H13FN4O4/c1-19(8-11-4-2-3-5-14(11)17)15(22)10-20-9-13(21(24)25)6-12(7-18)16(20)23/h2-6,9H,8,10H2,1H3. The number of nitro groups is 1. The van der Waals surface area contributed by atoms with E-state index in [1.165, 1.54) is 30.1 Å². The summed E-state index contributed by atoms with van der Waals surface area (Å²) in [6, 6.07) is 8.35. The second-order valence-corrected chi connectivity index (χ2v) is 5.26. The van der Waals surface area contributed by atoms with Crippen LogP contribution in [0.1, 0.15) is 11.1 Å². The molecule has 0 atom stereocenters. The van der Waals surface area contributed by atoms with E-state index in [0.29, 0.717) is 5.56 Å². The summed E-state index contributed by atoms with van der Waals surface area (Å²) in [5.74, 6) is -1.03. The number of nitrogens with zero attached hydrogens (tertiary/aromatic N) is 4. The van der Waals surface area contributed by atoms with Gasteiger partial charge in [-0.05, 0) is 6.07 Å². The number of nitriles is 1. The second kappa shape index (κ2) is 7.35. The third-order valence-electron chi connectivity index (χ3n) is 3.50. The van der Waals surface area contributed by atoms with E-state index in [-0.39, 0.29) is 6.54 Å². The highest BCUT2D eigenvalue weighted by atomic mass is 19.1. The van der Waals surface area contributed by atoms with Crippen LogP contribution in [-0.4, -0.2) is 27.3 Å². The Bertz CT molecular complexity index is 932. The third kappa shape index (κ3) is 4.06. The predicted molar refractivity (Wildman–Crippen MR) is 84.9 cm³/mol. The number of amides is 1. The van der Waals surface area contributed by atoms with Crippen molar-refractivity contribution in [1.29, 1.82) is 5.26 Å². The van der Waals surface area contributed by atoms with Gasteiger partial charge in [-0.2, -0.15) is 5.26 Å². The van der Waals surface area contributed by atoms with Gasteiger partial charge in [0, 0.05) is 25.2 Å². The first-order chi connectivity index (χ1) is 11.8. The summed E-state index contributed by atoms with van der Waals surface area (Å²) in [6.07, 6.45) is 0.901. The molecule has 8 nitrogen and oxygen atoms in total. The first kappa shape index (κ1) is 17.8. The molecule has 0 radical (unpaired) electrons. The van der Waals surface area contributed by atoms with Gasteiger partial charge in [-0.15, -0.1) is 0 Å². The Kier molecular flexibility index (Phi) is 5.24. The molecule has 9 heteroatoms. The van der Waals surface area contributed by atoms with Gasteiger partial charge in [0.15, 0.2) is 0 Å². The summed E-state index contributed by atoms with van der Waals surface area (Å²) in [5.41, 5.74) is -1.41. The lowest BCUT2D eigenvalue weighted by Gasteiger charge is -2.18. The van der Waals surface area contributed by atoms with Crippen LogP contribution in [-0.2, 0) is 17.9 Å². The van der Waals surface area contributed by atoms with Crippen LogP contribution in [0, 0.1) is 27.3 Å². The number of aromatic nitrogens is 1. The van der Waals surface area contributed by atoms with Crippen molar-refractivity contribution >= 4 is 11.6 Å². The topological polar surface area (TPSA) is 109 Å². The zero-order valence-corrected chi connectivity index (χ0v) is 13.2. The molecular formula is C16H13FN4O4. The Morgan fingerprint density at radius 3 is 2.72 bits per heavy atom. The maximum absolute atomic E-state index is 13.6. The van der Waals surface area contributed by atoms with E-state index in [2.05, 4.69) is 0 Å². The summed E-state index contributed by atoms with van der Waals surface area (Å²) in [7, 11) is 1.42. The van der Waals surface area contributed by atoms with Crippen molar-refractivity contribution in [2.24, 2.45) is 0 Å². The van der Waals surface area contributed by atoms with Crippen molar-refractivity contribution in [1.82, 2.24) is 9.47 Å². The molecule has 0 aliphatic heterocycles. The lowest BCUT2D eigenvalue weighted by Crippen LogP contribution is -2.34. The van der Waals surface area contributed by atoms with Gasteiger partial charge >= 0.3 is 0 Å². The van der Waals surface area contributed by atoms with Gasteiger partial charge in [0.05, 0.1) is 11.1 Å². The Labute approximate surface area is 141 Å². The van der Waals surface area contributed by atoms with Gasteiger partial charge in [0.25, 0.3) is 11.2 Å². The highest BCUT2D eigenvalue weighted by Crippen LogP contribution is 2.11. The van der Waals surface area contributed by atoms with E-state index in [9.17, 15) is 24.1 Å². The molecule has 1 heterocycles. The molecule has 0 spiro atoms. The summed E-state index contributed by atoms with van der Waals surface area (Å²) in [4.78, 5) is 35.6. The normalized spacial score (nSPS) is 10.1. The lowest BCUT2D eigenvalue weighted by atomic mass is 10.2. The van der Waals surface area contributed by atoms with Gasteiger partial charge in [-0.3, -0.25) is 24.3 Å². The number of hydrogen-bond acceptors (Lipinski definition) is 5. The maximum Gasteiger partial charge on any atom is 0.287 e. The minimum Gasteiger partial charge on any atom is -0.340 e. The van der Waals surface area contributed by atoms with Crippen LogP contribution < -0.4 is 5.56 Å². The van der Waals surface area contributed by atoms with Gasteiger partial charge < -0.3 is 4.90 Å². The average molecular weight is 344 g/mol. The number of pyridine rings is 1. The summed E-state index contributed by atoms with van der Waals surface area (Å²) in [6.45, 7) is -0.527. The number of hydrogen-bond donors (Lipinski definition) is 0. The van der Waals surface area contributed by atoms with Crippen molar-refractivity contribution in [3.05, 3.63) is 73.9 Å². The Balaban J connectivity index is 2.24. The quantitative estimate of drug-likeness (QED) is 0.602. The molecule has 1 amide bonds. The van der Waals surface area contributed by atoms with Crippen LogP contribution in [0.2, 0.25) is 0 Å². The number of rotatable bonds is 5. The van der Waals surface area contributed by atoms with Crippen LogP contribution in [0.25, 0.3) is 0 Å². The molecule has 0 N–H and O–H groups in total. The van der Waals surface area contributed by atoms with Crippen molar-refractivity contribution < 1.29 is 14.1 Å². The molecule has 2 aromatic rings. The van der Waals surface area contributed by atoms with E-state index < -0.39 is 40.0 Å². The molecule has 0 fully saturated rings. The third-order valence-corrected chi connectivity index (χ3v) is 3.50. The summed E-state index contributed by atoms with van der Waals surface area (Å²) < 4.78 is 14.4. The predicted octanol–water partition coefficient (Wildman–Crippen LogP) is 1.43. The minimum absolute atomic E-state index is 0.0275. The fraction of sp³-hybridized carbons (Fsp3) is 0.188. The zero-order chi connectivity index (χ0) is 18.6. The van der Waals surface area contributed by atoms with Crippen molar-refractivity contribution in [2.75, 3.05) is 7.05 Å². The van der Waals surface area contributed by atoms with E-state index in [1.54, 1.807) is 12.1 Å². The van der Waals surface area contributed by atoms with E-state index in [0.717, 1.165) is 16.8 Å². The monoisotopic (exact) mass is 344 g/mol. The zero-order valence-electron chi connectivity index (χ0n) is 13.2. The van der Waals surface area contributed by atoms with Crippen LogP contribution >= 0.6 is 0 Å². The fourth-order valence-corrected chi connectivity index (χ4v) is 2.15. The average Bonchev–Trinajstić information content (AvgIpc) is 2.58. The smallest absolute Gasteiger partial charge is 0.287 e. The van der Waals surface area contributed by atoms with Crippen LogP contribution in [0.3, 0.4) is 0 Å². The molecule has 1 aromatic heterocycles. The molecule has 0 bridgehead atoms.